The highest BCUT2D eigenvalue weighted by Gasteiger charge is 2.16. The molecule has 4 nitrogen and oxygen atoms in total. The number of guanidine groups is 1. The van der Waals surface area contributed by atoms with Gasteiger partial charge in [-0.1, -0.05) is 36.2 Å². The maximum absolute atomic E-state index is 4.31. The first-order chi connectivity index (χ1) is 11.7. The van der Waals surface area contributed by atoms with Crippen molar-refractivity contribution in [1.82, 2.24) is 15.5 Å². The van der Waals surface area contributed by atoms with E-state index in [2.05, 4.69) is 58.6 Å². The first-order valence-corrected chi connectivity index (χ1v) is 9.43. The van der Waals surface area contributed by atoms with E-state index < -0.39 is 0 Å². The van der Waals surface area contributed by atoms with Crippen LogP contribution < -0.4 is 10.6 Å². The minimum absolute atomic E-state index is 0. The van der Waals surface area contributed by atoms with E-state index in [1.165, 1.54) is 56.3 Å². The summed E-state index contributed by atoms with van der Waals surface area (Å²) >= 11 is 0. The predicted octanol–water partition coefficient (Wildman–Crippen LogP) is 3.93. The molecule has 1 aromatic rings. The van der Waals surface area contributed by atoms with Crippen molar-refractivity contribution in [2.24, 2.45) is 4.99 Å². The van der Waals surface area contributed by atoms with E-state index >= 15 is 0 Å². The Labute approximate surface area is 170 Å². The number of hydrogen-bond acceptors (Lipinski definition) is 2. The number of halogens is 1. The number of nitrogens with zero attached hydrogens (tertiary/aromatic N) is 2. The van der Waals surface area contributed by atoms with Crippen LogP contribution in [0.5, 0.6) is 0 Å². The van der Waals surface area contributed by atoms with Gasteiger partial charge in [0, 0.05) is 26.2 Å². The average molecular weight is 458 g/mol. The van der Waals surface area contributed by atoms with Crippen LogP contribution in [0.4, 0.5) is 0 Å². The maximum atomic E-state index is 4.31. The molecular weight excluding hydrogens is 423 g/mol. The SMILES string of the molecule is CN=C(NCCCCN1CCCCC1C)NCc1cccc(C)c1.I. The van der Waals surface area contributed by atoms with Gasteiger partial charge in [0.05, 0.1) is 0 Å². The summed E-state index contributed by atoms with van der Waals surface area (Å²) in [4.78, 5) is 6.96. The molecule has 0 radical (unpaired) electrons. The number of unbranched alkanes of at least 4 members (excludes halogenated alkanes) is 1. The van der Waals surface area contributed by atoms with Crippen molar-refractivity contribution < 1.29 is 0 Å². The summed E-state index contributed by atoms with van der Waals surface area (Å²) in [7, 11) is 1.83. The Morgan fingerprint density at radius 1 is 1.24 bits per heavy atom. The van der Waals surface area contributed by atoms with Crippen molar-refractivity contribution in [1.29, 1.82) is 0 Å². The van der Waals surface area contributed by atoms with Crippen molar-refractivity contribution in [3.8, 4) is 0 Å². The summed E-state index contributed by atoms with van der Waals surface area (Å²) in [5.74, 6) is 0.892. The summed E-state index contributed by atoms with van der Waals surface area (Å²) in [6.07, 6.45) is 6.59. The normalized spacial score (nSPS) is 18.5. The zero-order valence-electron chi connectivity index (χ0n) is 16.1. The topological polar surface area (TPSA) is 39.7 Å². The third-order valence-corrected chi connectivity index (χ3v) is 4.87. The fraction of sp³-hybridized carbons (Fsp3) is 0.650. The van der Waals surface area contributed by atoms with Crippen LogP contribution in [0.25, 0.3) is 0 Å². The highest BCUT2D eigenvalue weighted by atomic mass is 127. The van der Waals surface area contributed by atoms with Gasteiger partial charge in [-0.15, -0.1) is 24.0 Å². The molecule has 1 atom stereocenters. The highest BCUT2D eigenvalue weighted by molar-refractivity contribution is 14.0. The van der Waals surface area contributed by atoms with Crippen LogP contribution >= 0.6 is 24.0 Å². The summed E-state index contributed by atoms with van der Waals surface area (Å²) < 4.78 is 0. The molecule has 0 bridgehead atoms. The lowest BCUT2D eigenvalue weighted by atomic mass is 10.0. The smallest absolute Gasteiger partial charge is 0.191 e. The maximum Gasteiger partial charge on any atom is 0.191 e. The van der Waals surface area contributed by atoms with Crippen molar-refractivity contribution in [2.75, 3.05) is 26.7 Å². The van der Waals surface area contributed by atoms with Gasteiger partial charge in [0.1, 0.15) is 0 Å². The van der Waals surface area contributed by atoms with E-state index in [0.29, 0.717) is 0 Å². The molecule has 142 valence electrons. The van der Waals surface area contributed by atoms with Gasteiger partial charge in [-0.2, -0.15) is 0 Å². The summed E-state index contributed by atoms with van der Waals surface area (Å²) in [5.41, 5.74) is 2.58. The molecule has 1 fully saturated rings. The van der Waals surface area contributed by atoms with Crippen molar-refractivity contribution in [2.45, 2.75) is 58.5 Å². The Kier molecular flexibility index (Phi) is 11.1. The van der Waals surface area contributed by atoms with E-state index in [9.17, 15) is 0 Å². The van der Waals surface area contributed by atoms with Gasteiger partial charge in [0.25, 0.3) is 0 Å². The lowest BCUT2D eigenvalue weighted by molar-refractivity contribution is 0.158. The fourth-order valence-electron chi connectivity index (χ4n) is 3.36. The molecular formula is C20H35IN4. The lowest BCUT2D eigenvalue weighted by Gasteiger charge is -2.33. The lowest BCUT2D eigenvalue weighted by Crippen LogP contribution is -2.39. The number of rotatable bonds is 7. The minimum atomic E-state index is 0. The van der Waals surface area contributed by atoms with E-state index in [4.69, 9.17) is 0 Å². The van der Waals surface area contributed by atoms with Gasteiger partial charge in [-0.05, 0) is 58.2 Å². The standard InChI is InChI=1S/C20H34N4.HI/c1-17-9-8-11-19(15-17)16-23-20(21-3)22-12-5-7-14-24-13-6-4-10-18(24)2;/h8-9,11,15,18H,4-7,10,12-14,16H2,1-3H3,(H2,21,22,23);1H. The molecule has 0 spiro atoms. The van der Waals surface area contributed by atoms with Gasteiger partial charge in [-0.25, -0.2) is 0 Å². The van der Waals surface area contributed by atoms with Crippen molar-refractivity contribution in [3.63, 3.8) is 0 Å². The molecule has 0 saturated carbocycles. The Morgan fingerprint density at radius 3 is 2.80 bits per heavy atom. The van der Waals surface area contributed by atoms with E-state index in [-0.39, 0.29) is 24.0 Å². The van der Waals surface area contributed by atoms with Crippen LogP contribution in [0.1, 0.15) is 50.2 Å². The molecule has 5 heteroatoms. The molecule has 1 saturated heterocycles. The fourth-order valence-corrected chi connectivity index (χ4v) is 3.36. The molecule has 0 aliphatic carbocycles. The van der Waals surface area contributed by atoms with Crippen molar-refractivity contribution >= 4 is 29.9 Å². The zero-order chi connectivity index (χ0) is 17.2. The van der Waals surface area contributed by atoms with Crippen LogP contribution in [0.2, 0.25) is 0 Å². The Bertz CT molecular complexity index is 518. The minimum Gasteiger partial charge on any atom is -0.356 e. The molecule has 2 rings (SSSR count). The zero-order valence-corrected chi connectivity index (χ0v) is 18.4. The Balaban J connectivity index is 0.00000312. The second-order valence-corrected chi connectivity index (χ2v) is 6.93. The molecule has 25 heavy (non-hydrogen) atoms. The monoisotopic (exact) mass is 458 g/mol. The molecule has 1 heterocycles. The third-order valence-electron chi connectivity index (χ3n) is 4.87. The number of aryl methyl sites for hydroxylation is 1. The number of nitrogens with one attached hydrogen (secondary N) is 2. The van der Waals surface area contributed by atoms with Crippen LogP contribution in [-0.4, -0.2) is 43.6 Å². The number of hydrogen-bond donors (Lipinski definition) is 2. The second-order valence-electron chi connectivity index (χ2n) is 6.93. The molecule has 2 N–H and O–H groups in total. The number of likely N-dealkylation sites (tertiary alicyclic amines) is 1. The van der Waals surface area contributed by atoms with Crippen molar-refractivity contribution in [3.05, 3.63) is 35.4 Å². The highest BCUT2D eigenvalue weighted by Crippen LogP contribution is 2.16. The Hall–Kier alpha value is -0.820. The first kappa shape index (κ1) is 22.2. The molecule has 1 unspecified atom stereocenters. The van der Waals surface area contributed by atoms with E-state index in [1.54, 1.807) is 0 Å². The van der Waals surface area contributed by atoms with Crippen LogP contribution in [0.3, 0.4) is 0 Å². The van der Waals surface area contributed by atoms with Gasteiger partial charge in [-0.3, -0.25) is 4.99 Å². The number of aliphatic imine (C=N–C) groups is 1. The number of benzene rings is 1. The summed E-state index contributed by atoms with van der Waals surface area (Å²) in [6, 6.07) is 9.35. The van der Waals surface area contributed by atoms with Gasteiger partial charge < -0.3 is 15.5 Å². The summed E-state index contributed by atoms with van der Waals surface area (Å²) in [5, 5.41) is 6.81. The molecule has 0 aromatic heterocycles. The van der Waals surface area contributed by atoms with E-state index in [0.717, 1.165) is 25.1 Å². The molecule has 0 amide bonds. The van der Waals surface area contributed by atoms with Crippen LogP contribution in [0, 0.1) is 6.92 Å². The van der Waals surface area contributed by atoms with Gasteiger partial charge >= 0.3 is 0 Å². The van der Waals surface area contributed by atoms with Crippen LogP contribution in [0.15, 0.2) is 29.3 Å². The van der Waals surface area contributed by atoms with Gasteiger partial charge in [0.15, 0.2) is 5.96 Å². The van der Waals surface area contributed by atoms with Crippen LogP contribution in [-0.2, 0) is 6.54 Å². The quantitative estimate of drug-likeness (QED) is 0.282. The summed E-state index contributed by atoms with van der Waals surface area (Å²) in [6.45, 7) is 8.81. The largest absolute Gasteiger partial charge is 0.356 e. The first-order valence-electron chi connectivity index (χ1n) is 9.43. The Morgan fingerprint density at radius 2 is 2.08 bits per heavy atom. The van der Waals surface area contributed by atoms with Gasteiger partial charge in [0.2, 0.25) is 0 Å². The second kappa shape index (κ2) is 12.5. The molecule has 1 aliphatic rings. The molecule has 1 aromatic carbocycles. The third kappa shape index (κ3) is 8.40. The molecule has 1 aliphatic heterocycles. The average Bonchev–Trinajstić information content (AvgIpc) is 2.59. The predicted molar refractivity (Wildman–Crippen MR) is 119 cm³/mol. The number of piperidine rings is 1. The van der Waals surface area contributed by atoms with E-state index in [1.807, 2.05) is 7.05 Å².